The van der Waals surface area contributed by atoms with Crippen molar-refractivity contribution in [1.29, 1.82) is 0 Å². The summed E-state index contributed by atoms with van der Waals surface area (Å²) in [6, 6.07) is 7.45. The van der Waals surface area contributed by atoms with Gasteiger partial charge in [0.2, 0.25) is 0 Å². The van der Waals surface area contributed by atoms with Gasteiger partial charge in [-0.15, -0.1) is 0 Å². The average molecular weight is 397 g/mol. The molecule has 1 aromatic carbocycles. The van der Waals surface area contributed by atoms with E-state index in [0.29, 0.717) is 30.0 Å². The summed E-state index contributed by atoms with van der Waals surface area (Å²) in [5, 5.41) is 4.30. The third-order valence-corrected chi connectivity index (χ3v) is 7.16. The molecule has 9 heteroatoms. The van der Waals surface area contributed by atoms with Crippen LogP contribution < -0.4 is 4.31 Å². The molecular weight excluding hydrogens is 376 g/mol. The van der Waals surface area contributed by atoms with Crippen LogP contribution in [-0.2, 0) is 27.7 Å². The second-order valence-electron chi connectivity index (χ2n) is 7.00. The second kappa shape index (κ2) is 6.27. The minimum absolute atomic E-state index is 0.0637. The van der Waals surface area contributed by atoms with Crippen molar-refractivity contribution in [3.05, 3.63) is 41.2 Å². The number of hydrogen-bond acceptors (Lipinski definition) is 4. The number of para-hydroxylation sites is 1. The largest absolute Gasteiger partial charge is 0.370 e. The minimum atomic E-state index is -3.75. The molecule has 0 spiro atoms. The molecular formula is C18H21F2N3O3S. The summed E-state index contributed by atoms with van der Waals surface area (Å²) in [6.07, 6.45) is -0.609. The molecule has 1 aliphatic heterocycles. The Morgan fingerprint density at radius 1 is 1.30 bits per heavy atom. The molecule has 1 saturated carbocycles. The molecule has 0 saturated heterocycles. The predicted octanol–water partition coefficient (Wildman–Crippen LogP) is 2.68. The van der Waals surface area contributed by atoms with Crippen LogP contribution in [0.15, 0.2) is 29.2 Å². The number of aromatic nitrogens is 2. The van der Waals surface area contributed by atoms with E-state index in [1.165, 1.54) is 8.99 Å². The fourth-order valence-corrected chi connectivity index (χ4v) is 5.47. The van der Waals surface area contributed by atoms with Gasteiger partial charge in [-0.05, 0) is 31.9 Å². The molecule has 0 N–H and O–H groups in total. The van der Waals surface area contributed by atoms with E-state index in [1.807, 2.05) is 18.2 Å². The molecule has 2 aromatic rings. The molecule has 1 unspecified atom stereocenters. The van der Waals surface area contributed by atoms with Gasteiger partial charge >= 0.3 is 0 Å². The van der Waals surface area contributed by atoms with Crippen molar-refractivity contribution in [3.63, 3.8) is 0 Å². The van der Waals surface area contributed by atoms with Crippen molar-refractivity contribution < 1.29 is 21.9 Å². The number of nitrogens with zero attached hydrogens (tertiary/aromatic N) is 3. The molecule has 1 aliphatic carbocycles. The maximum atomic E-state index is 13.3. The molecule has 146 valence electrons. The van der Waals surface area contributed by atoms with Crippen molar-refractivity contribution in [3.8, 4) is 0 Å². The number of ether oxygens (including phenoxy) is 1. The zero-order chi connectivity index (χ0) is 19.4. The highest BCUT2D eigenvalue weighted by Gasteiger charge is 2.58. The number of hydrogen-bond donors (Lipinski definition) is 0. The zero-order valence-corrected chi connectivity index (χ0v) is 16.0. The molecule has 1 aromatic heterocycles. The highest BCUT2D eigenvalue weighted by molar-refractivity contribution is 7.93. The lowest BCUT2D eigenvalue weighted by Gasteiger charge is -2.19. The first-order chi connectivity index (χ1) is 12.7. The summed E-state index contributed by atoms with van der Waals surface area (Å²) >= 11 is 0. The Labute approximate surface area is 156 Å². The standard InChI is InChI=1S/C18H21F2N3O3S/c1-12-17(13(2)22(21-12)9-10-26-16-11-18(16,19)20)27(24,25)23-8-7-14-5-3-4-6-15(14)23/h3-6,16H,7-11H2,1-2H3. The lowest BCUT2D eigenvalue weighted by molar-refractivity contribution is 0.00986. The Morgan fingerprint density at radius 3 is 2.70 bits per heavy atom. The van der Waals surface area contributed by atoms with Crippen LogP contribution in [0, 0.1) is 13.8 Å². The van der Waals surface area contributed by atoms with Gasteiger partial charge in [-0.3, -0.25) is 8.99 Å². The van der Waals surface area contributed by atoms with Crippen LogP contribution >= 0.6 is 0 Å². The first-order valence-electron chi connectivity index (χ1n) is 8.86. The predicted molar refractivity (Wildman–Crippen MR) is 95.7 cm³/mol. The van der Waals surface area contributed by atoms with Gasteiger partial charge in [0.1, 0.15) is 11.0 Å². The van der Waals surface area contributed by atoms with Crippen LogP contribution in [0.4, 0.5) is 14.5 Å². The minimum Gasteiger partial charge on any atom is -0.370 e. The maximum absolute atomic E-state index is 13.3. The van der Waals surface area contributed by atoms with E-state index < -0.39 is 22.0 Å². The molecule has 2 aliphatic rings. The SMILES string of the molecule is Cc1nn(CCOC2CC2(F)F)c(C)c1S(=O)(=O)N1CCc2ccccc21. The molecule has 1 fully saturated rings. The van der Waals surface area contributed by atoms with Crippen LogP contribution in [-0.4, -0.2) is 43.4 Å². The molecule has 2 heterocycles. The Morgan fingerprint density at radius 2 is 2.00 bits per heavy atom. The Bertz CT molecular complexity index is 988. The summed E-state index contributed by atoms with van der Waals surface area (Å²) in [6.45, 7) is 4.01. The number of benzene rings is 1. The topological polar surface area (TPSA) is 64.4 Å². The molecule has 6 nitrogen and oxygen atoms in total. The van der Waals surface area contributed by atoms with E-state index in [9.17, 15) is 17.2 Å². The number of aryl methyl sites for hydroxylation is 1. The fourth-order valence-electron chi connectivity index (χ4n) is 3.59. The van der Waals surface area contributed by atoms with E-state index in [1.54, 1.807) is 19.9 Å². The van der Waals surface area contributed by atoms with Gasteiger partial charge in [0.15, 0.2) is 0 Å². The normalized spacial score (nSPS) is 20.7. The quantitative estimate of drug-likeness (QED) is 0.752. The van der Waals surface area contributed by atoms with Gasteiger partial charge in [0, 0.05) is 13.0 Å². The first kappa shape index (κ1) is 18.4. The number of sulfonamides is 1. The third-order valence-electron chi connectivity index (χ3n) is 5.10. The Hall–Kier alpha value is -2.00. The highest BCUT2D eigenvalue weighted by atomic mass is 32.2. The van der Waals surface area contributed by atoms with Gasteiger partial charge in [-0.2, -0.15) is 5.10 Å². The van der Waals surface area contributed by atoms with Gasteiger partial charge in [-0.1, -0.05) is 18.2 Å². The molecule has 27 heavy (non-hydrogen) atoms. The van der Waals surface area contributed by atoms with Gasteiger partial charge < -0.3 is 4.74 Å². The number of alkyl halides is 2. The van der Waals surface area contributed by atoms with Crippen LogP contribution in [0.25, 0.3) is 0 Å². The van der Waals surface area contributed by atoms with Crippen LogP contribution in [0.2, 0.25) is 0 Å². The number of anilines is 1. The van der Waals surface area contributed by atoms with Crippen molar-refractivity contribution in [2.75, 3.05) is 17.5 Å². The molecule has 1 atom stereocenters. The van der Waals surface area contributed by atoms with Crippen LogP contribution in [0.5, 0.6) is 0 Å². The van der Waals surface area contributed by atoms with Crippen LogP contribution in [0.1, 0.15) is 23.4 Å². The van der Waals surface area contributed by atoms with Gasteiger partial charge in [0.25, 0.3) is 15.9 Å². The van der Waals surface area contributed by atoms with Crippen molar-refractivity contribution in [2.24, 2.45) is 0 Å². The van der Waals surface area contributed by atoms with Crippen molar-refractivity contribution >= 4 is 15.7 Å². The van der Waals surface area contributed by atoms with Crippen molar-refractivity contribution in [2.45, 2.75) is 50.2 Å². The van der Waals surface area contributed by atoms with E-state index in [4.69, 9.17) is 4.74 Å². The third kappa shape index (κ3) is 3.12. The van der Waals surface area contributed by atoms with Gasteiger partial charge in [0.05, 0.1) is 30.2 Å². The number of halogens is 2. The van der Waals surface area contributed by atoms with E-state index in [2.05, 4.69) is 5.10 Å². The summed E-state index contributed by atoms with van der Waals surface area (Å²) in [4.78, 5) is 0.177. The summed E-state index contributed by atoms with van der Waals surface area (Å²) in [5.74, 6) is -2.73. The van der Waals surface area contributed by atoms with Crippen LogP contribution in [0.3, 0.4) is 0 Å². The van der Waals surface area contributed by atoms with E-state index >= 15 is 0 Å². The maximum Gasteiger partial charge on any atom is 0.276 e. The van der Waals surface area contributed by atoms with Crippen molar-refractivity contribution in [1.82, 2.24) is 9.78 Å². The summed E-state index contributed by atoms with van der Waals surface area (Å²) in [7, 11) is -3.75. The summed E-state index contributed by atoms with van der Waals surface area (Å²) < 4.78 is 60.4. The molecule has 0 amide bonds. The Kier molecular flexibility index (Phi) is 4.27. The first-order valence-corrected chi connectivity index (χ1v) is 10.3. The lowest BCUT2D eigenvalue weighted by atomic mass is 10.2. The molecule has 4 rings (SSSR count). The van der Waals surface area contributed by atoms with E-state index in [-0.39, 0.29) is 24.5 Å². The second-order valence-corrected chi connectivity index (χ2v) is 8.80. The lowest BCUT2D eigenvalue weighted by Crippen LogP contribution is -2.30. The number of rotatable bonds is 6. The van der Waals surface area contributed by atoms with Gasteiger partial charge in [-0.25, -0.2) is 17.2 Å². The van der Waals surface area contributed by atoms with E-state index in [0.717, 1.165) is 5.56 Å². The smallest absolute Gasteiger partial charge is 0.276 e. The average Bonchev–Trinajstić information content (AvgIpc) is 2.95. The summed E-state index contributed by atoms with van der Waals surface area (Å²) in [5.41, 5.74) is 2.59. The zero-order valence-electron chi connectivity index (χ0n) is 15.2. The highest BCUT2D eigenvalue weighted by Crippen LogP contribution is 2.44. The monoisotopic (exact) mass is 397 g/mol. The number of fused-ring (bicyclic) bond motifs is 1. The fraction of sp³-hybridized carbons (Fsp3) is 0.500. The molecule has 0 radical (unpaired) electrons. The molecule has 0 bridgehead atoms. The Balaban J connectivity index is 1.56.